The van der Waals surface area contributed by atoms with Gasteiger partial charge in [-0.05, 0) is 35.4 Å². The molecule has 0 aliphatic carbocycles. The highest BCUT2D eigenvalue weighted by Gasteiger charge is 2.59. The monoisotopic (exact) mass is 670 g/mol. The van der Waals surface area contributed by atoms with Crippen LogP contribution in [-0.4, -0.2) is 40.9 Å². The topological polar surface area (TPSA) is 161 Å². The molecule has 0 saturated carbocycles. The maximum atomic E-state index is 14.2. The molecule has 5 rings (SSSR count). The Morgan fingerprint density at radius 3 is 1.17 bits per heavy atom. The minimum atomic E-state index is -4.49. The summed E-state index contributed by atoms with van der Waals surface area (Å²) in [6, 6.07) is 23.4. The molecule has 0 spiro atoms. The number of hydrogen-bond acceptors (Lipinski definition) is 8. The molecule has 1 aliphatic heterocycles. The summed E-state index contributed by atoms with van der Waals surface area (Å²) in [4.78, 5) is 20.5. The molecular formula is C26H20BBrN4O8S2. The predicted octanol–water partition coefficient (Wildman–Crippen LogP) is 5.06. The van der Waals surface area contributed by atoms with Gasteiger partial charge in [-0.1, -0.05) is 60.7 Å². The molecule has 0 radical (unpaired) electrons. The van der Waals surface area contributed by atoms with Gasteiger partial charge in [0.25, 0.3) is 11.4 Å². The summed E-state index contributed by atoms with van der Waals surface area (Å²) in [6.07, 6.45) is 0. The van der Waals surface area contributed by atoms with E-state index in [1.807, 2.05) is 0 Å². The van der Waals surface area contributed by atoms with Crippen LogP contribution in [0.1, 0.15) is 23.2 Å². The predicted molar refractivity (Wildman–Crippen MR) is 157 cm³/mol. The highest BCUT2D eigenvalue weighted by molar-refractivity contribution is 9.24. The summed E-state index contributed by atoms with van der Waals surface area (Å²) >= 11 is 3.37. The molecule has 1 saturated heterocycles. The van der Waals surface area contributed by atoms with Crippen LogP contribution < -0.4 is 0 Å². The van der Waals surface area contributed by atoms with Crippen LogP contribution in [0.4, 0.5) is 11.4 Å². The first-order valence-electron chi connectivity index (χ1n) is 12.2. The fourth-order valence-electron chi connectivity index (χ4n) is 4.87. The second-order valence-electron chi connectivity index (χ2n) is 9.19. The van der Waals surface area contributed by atoms with Crippen molar-refractivity contribution in [1.82, 2.24) is 8.43 Å². The molecule has 2 atom stereocenters. The van der Waals surface area contributed by atoms with Crippen LogP contribution in [-0.2, 0) is 20.0 Å². The molecule has 0 unspecified atom stereocenters. The fraction of sp³-hybridized carbons (Fsp3) is 0.0769. The first kappa shape index (κ1) is 29.5. The zero-order chi connectivity index (χ0) is 30.2. The number of sulfonamides is 2. The van der Waals surface area contributed by atoms with Gasteiger partial charge in [0.05, 0.1) is 31.7 Å². The Morgan fingerprint density at radius 2 is 0.881 bits per heavy atom. The van der Waals surface area contributed by atoms with Crippen LogP contribution >= 0.6 is 15.8 Å². The number of hydrogen-bond donors (Lipinski definition) is 0. The van der Waals surface area contributed by atoms with Gasteiger partial charge < -0.3 is 0 Å². The maximum absolute atomic E-state index is 14.2. The molecule has 0 bridgehead atoms. The lowest BCUT2D eigenvalue weighted by Gasteiger charge is -2.30. The van der Waals surface area contributed by atoms with E-state index in [1.54, 1.807) is 60.7 Å². The van der Waals surface area contributed by atoms with Crippen molar-refractivity contribution in [3.8, 4) is 0 Å². The van der Waals surface area contributed by atoms with Gasteiger partial charge >= 0.3 is 5.81 Å². The SMILES string of the molecule is O=[N+]([O-])c1ccc(S(=O)(=O)N2B(Br)N(S(=O)(=O)c3ccc([N+](=O)[O-])cc3)[C@@H](c3ccccc3)[C@@H]2c2ccccc2)cc1. The molecule has 0 amide bonds. The first-order valence-corrected chi connectivity index (χ1v) is 16.0. The van der Waals surface area contributed by atoms with Crippen molar-refractivity contribution in [1.29, 1.82) is 0 Å². The number of benzene rings is 4. The number of halogens is 1. The van der Waals surface area contributed by atoms with Gasteiger partial charge in [0, 0.05) is 24.3 Å². The zero-order valence-electron chi connectivity index (χ0n) is 21.4. The number of nitro benzene ring substituents is 2. The Morgan fingerprint density at radius 1 is 0.571 bits per heavy atom. The minimum absolute atomic E-state index is 0.278. The van der Waals surface area contributed by atoms with Crippen molar-refractivity contribution in [2.24, 2.45) is 0 Å². The van der Waals surface area contributed by atoms with Crippen LogP contribution in [0, 0.1) is 20.2 Å². The van der Waals surface area contributed by atoms with Crippen molar-refractivity contribution in [2.45, 2.75) is 21.9 Å². The third-order valence-electron chi connectivity index (χ3n) is 6.80. The molecule has 4 aromatic rings. The molecule has 214 valence electrons. The molecule has 1 heterocycles. The Bertz CT molecular complexity index is 1710. The highest BCUT2D eigenvalue weighted by Crippen LogP contribution is 2.51. The van der Waals surface area contributed by atoms with Crippen molar-refractivity contribution < 1.29 is 26.7 Å². The molecule has 42 heavy (non-hydrogen) atoms. The molecule has 1 fully saturated rings. The van der Waals surface area contributed by atoms with E-state index in [4.69, 9.17) is 0 Å². The average Bonchev–Trinajstić information content (AvgIpc) is 3.32. The average molecular weight is 671 g/mol. The van der Waals surface area contributed by atoms with Gasteiger partial charge in [-0.25, -0.2) is 16.8 Å². The van der Waals surface area contributed by atoms with Crippen LogP contribution in [0.2, 0.25) is 0 Å². The standard InChI is InChI=1S/C26H20BBrN4O8S2/c28-27-29(41(37,38)23-15-11-21(12-16-23)31(33)34)25(19-7-3-1-4-8-19)26(20-9-5-2-6-10-20)30(27)42(39,40)24-17-13-22(14-18-24)32(35)36/h1-18,25-26H/t25-,26-/m0/s1. The fourth-order valence-corrected chi connectivity index (χ4v) is 9.94. The van der Waals surface area contributed by atoms with Gasteiger partial charge in [-0.2, -0.15) is 8.43 Å². The van der Waals surface area contributed by atoms with Crippen molar-refractivity contribution in [3.05, 3.63) is 141 Å². The molecule has 0 aromatic heterocycles. The van der Waals surface area contributed by atoms with E-state index in [1.165, 1.54) is 0 Å². The lowest BCUT2D eigenvalue weighted by molar-refractivity contribution is -0.385. The Kier molecular flexibility index (Phi) is 8.00. The van der Waals surface area contributed by atoms with Gasteiger partial charge in [-0.3, -0.25) is 20.2 Å². The van der Waals surface area contributed by atoms with Gasteiger partial charge in [0.15, 0.2) is 0 Å². The summed E-state index contributed by atoms with van der Waals surface area (Å²) in [5.41, 5.74) is 0.357. The van der Waals surface area contributed by atoms with E-state index >= 15 is 0 Å². The smallest absolute Gasteiger partial charge is 0.258 e. The van der Waals surface area contributed by atoms with E-state index in [9.17, 15) is 37.1 Å². The largest absolute Gasteiger partial charge is 0.420 e. The summed E-state index contributed by atoms with van der Waals surface area (Å²) in [7, 11) is -8.99. The second kappa shape index (κ2) is 11.4. The van der Waals surface area contributed by atoms with E-state index in [-0.39, 0.29) is 21.2 Å². The molecular weight excluding hydrogens is 651 g/mol. The minimum Gasteiger partial charge on any atom is -0.258 e. The van der Waals surface area contributed by atoms with E-state index < -0.39 is 47.8 Å². The van der Waals surface area contributed by atoms with Crippen molar-refractivity contribution >= 4 is 53.0 Å². The summed E-state index contributed by atoms with van der Waals surface area (Å²) in [6.45, 7) is 0. The molecule has 1 aliphatic rings. The van der Waals surface area contributed by atoms with Crippen LogP contribution in [0.5, 0.6) is 0 Å². The van der Waals surface area contributed by atoms with Crippen molar-refractivity contribution in [3.63, 3.8) is 0 Å². The quantitative estimate of drug-likeness (QED) is 0.143. The summed E-state index contributed by atoms with van der Waals surface area (Å²) in [5, 5.41) is 22.4. The molecule has 4 aromatic carbocycles. The molecule has 0 N–H and O–H groups in total. The number of rotatable bonds is 8. The van der Waals surface area contributed by atoms with E-state index in [2.05, 4.69) is 15.8 Å². The van der Waals surface area contributed by atoms with E-state index in [0.717, 1.165) is 57.0 Å². The van der Waals surface area contributed by atoms with Crippen LogP contribution in [0.25, 0.3) is 0 Å². The summed E-state index contributed by atoms with van der Waals surface area (Å²) < 4.78 is 59.0. The number of nitro groups is 2. The maximum Gasteiger partial charge on any atom is 0.420 e. The molecule has 16 heteroatoms. The Hall–Kier alpha value is -3.96. The van der Waals surface area contributed by atoms with Gasteiger partial charge in [-0.15, -0.1) is 15.8 Å². The lowest BCUT2D eigenvalue weighted by Crippen LogP contribution is -2.45. The van der Waals surface area contributed by atoms with Crippen LogP contribution in [0.15, 0.2) is 119 Å². The number of non-ortho nitro benzene ring substituents is 2. The third-order valence-corrected chi connectivity index (χ3v) is 11.9. The first-order chi connectivity index (χ1) is 19.9. The van der Waals surface area contributed by atoms with Crippen molar-refractivity contribution in [2.75, 3.05) is 0 Å². The van der Waals surface area contributed by atoms with Crippen LogP contribution in [0.3, 0.4) is 0 Å². The van der Waals surface area contributed by atoms with E-state index in [0.29, 0.717) is 11.1 Å². The Balaban J connectivity index is 1.74. The van der Waals surface area contributed by atoms with Gasteiger partial charge in [0.1, 0.15) is 0 Å². The molecule has 12 nitrogen and oxygen atoms in total. The summed E-state index contributed by atoms with van der Waals surface area (Å²) in [5.74, 6) is -1.46. The third kappa shape index (κ3) is 5.23. The van der Waals surface area contributed by atoms with Gasteiger partial charge in [0.2, 0.25) is 20.0 Å². The zero-order valence-corrected chi connectivity index (χ0v) is 24.6. The lowest BCUT2D eigenvalue weighted by atomic mass is 9.95. The normalized spacial score (nSPS) is 18.2. The highest BCUT2D eigenvalue weighted by atomic mass is 79.9. The second-order valence-corrected chi connectivity index (χ2v) is 13.7. The number of nitrogens with zero attached hydrogens (tertiary/aromatic N) is 4. The Labute approximate surface area is 249 Å².